The van der Waals surface area contributed by atoms with Crippen molar-refractivity contribution in [2.75, 3.05) is 5.32 Å². The molecule has 0 atom stereocenters. The van der Waals surface area contributed by atoms with Gasteiger partial charge in [-0.2, -0.15) is 0 Å². The lowest BCUT2D eigenvalue weighted by molar-refractivity contribution is 0.102. The standard InChI is InChI=1S/C18H14FN3OS/c19-14-3-1-4-15(11-14)22-17(23)16-5-2-8-21-18(16)24-12-13-6-9-20-10-7-13/h1-11H,12H2,(H,22,23). The van der Waals surface area contributed by atoms with Crippen LogP contribution in [0, 0.1) is 5.82 Å². The number of pyridine rings is 2. The van der Waals surface area contributed by atoms with Crippen molar-refractivity contribution in [3.8, 4) is 0 Å². The van der Waals surface area contributed by atoms with E-state index in [1.165, 1.54) is 23.9 Å². The summed E-state index contributed by atoms with van der Waals surface area (Å²) in [4.78, 5) is 20.7. The van der Waals surface area contributed by atoms with Crippen molar-refractivity contribution in [2.24, 2.45) is 0 Å². The lowest BCUT2D eigenvalue weighted by Crippen LogP contribution is -2.13. The van der Waals surface area contributed by atoms with Gasteiger partial charge in [0.05, 0.1) is 5.56 Å². The maximum atomic E-state index is 13.2. The van der Waals surface area contributed by atoms with Crippen molar-refractivity contribution in [1.82, 2.24) is 9.97 Å². The minimum Gasteiger partial charge on any atom is -0.322 e. The van der Waals surface area contributed by atoms with Gasteiger partial charge in [0.25, 0.3) is 5.91 Å². The van der Waals surface area contributed by atoms with Crippen LogP contribution in [0.5, 0.6) is 0 Å². The van der Waals surface area contributed by atoms with E-state index in [9.17, 15) is 9.18 Å². The molecule has 6 heteroatoms. The number of aromatic nitrogens is 2. The van der Waals surface area contributed by atoms with Gasteiger partial charge in [-0.25, -0.2) is 9.37 Å². The number of hydrogen-bond acceptors (Lipinski definition) is 4. The maximum Gasteiger partial charge on any atom is 0.258 e. The normalized spacial score (nSPS) is 10.4. The molecule has 120 valence electrons. The predicted octanol–water partition coefficient (Wildman–Crippen LogP) is 4.16. The number of anilines is 1. The average Bonchev–Trinajstić information content (AvgIpc) is 2.61. The fourth-order valence-corrected chi connectivity index (χ4v) is 3.02. The Hall–Kier alpha value is -2.73. The maximum absolute atomic E-state index is 13.2. The van der Waals surface area contributed by atoms with E-state index in [1.54, 1.807) is 42.9 Å². The van der Waals surface area contributed by atoms with Gasteiger partial charge >= 0.3 is 0 Å². The zero-order valence-electron chi connectivity index (χ0n) is 12.6. The lowest BCUT2D eigenvalue weighted by Gasteiger charge is -2.09. The van der Waals surface area contributed by atoms with Crippen molar-refractivity contribution in [3.05, 3.63) is 84.1 Å². The van der Waals surface area contributed by atoms with E-state index in [4.69, 9.17) is 0 Å². The van der Waals surface area contributed by atoms with E-state index in [2.05, 4.69) is 15.3 Å². The predicted molar refractivity (Wildman–Crippen MR) is 92.4 cm³/mol. The molecule has 2 heterocycles. The SMILES string of the molecule is O=C(Nc1cccc(F)c1)c1cccnc1SCc1ccncc1. The largest absolute Gasteiger partial charge is 0.322 e. The van der Waals surface area contributed by atoms with Crippen LogP contribution in [-0.4, -0.2) is 15.9 Å². The second-order valence-corrected chi connectivity index (χ2v) is 5.93. The molecular weight excluding hydrogens is 325 g/mol. The van der Waals surface area contributed by atoms with E-state index in [1.807, 2.05) is 12.1 Å². The molecule has 0 spiro atoms. The van der Waals surface area contributed by atoms with Crippen molar-refractivity contribution in [2.45, 2.75) is 10.8 Å². The second-order valence-electron chi connectivity index (χ2n) is 4.96. The highest BCUT2D eigenvalue weighted by Gasteiger charge is 2.13. The van der Waals surface area contributed by atoms with Crippen molar-refractivity contribution < 1.29 is 9.18 Å². The van der Waals surface area contributed by atoms with Crippen LogP contribution in [0.1, 0.15) is 15.9 Å². The van der Waals surface area contributed by atoms with Gasteiger partial charge in [-0.15, -0.1) is 11.8 Å². The van der Waals surface area contributed by atoms with Crippen LogP contribution in [0.4, 0.5) is 10.1 Å². The molecule has 0 radical (unpaired) electrons. The molecule has 1 amide bonds. The number of nitrogens with one attached hydrogen (secondary N) is 1. The van der Waals surface area contributed by atoms with Gasteiger partial charge in [0.2, 0.25) is 0 Å². The molecule has 1 N–H and O–H groups in total. The van der Waals surface area contributed by atoms with Crippen LogP contribution in [0.15, 0.2) is 72.1 Å². The number of carbonyl (C=O) groups is 1. The number of thioether (sulfide) groups is 1. The van der Waals surface area contributed by atoms with E-state index in [-0.39, 0.29) is 5.91 Å². The van der Waals surface area contributed by atoms with Crippen LogP contribution in [0.2, 0.25) is 0 Å². The Kier molecular flexibility index (Phi) is 5.18. The van der Waals surface area contributed by atoms with Gasteiger partial charge < -0.3 is 5.32 Å². The number of halogens is 1. The highest BCUT2D eigenvalue weighted by Crippen LogP contribution is 2.24. The van der Waals surface area contributed by atoms with Crippen LogP contribution >= 0.6 is 11.8 Å². The average molecular weight is 339 g/mol. The van der Waals surface area contributed by atoms with E-state index >= 15 is 0 Å². The molecule has 24 heavy (non-hydrogen) atoms. The number of nitrogens with zero attached hydrogens (tertiary/aromatic N) is 2. The summed E-state index contributed by atoms with van der Waals surface area (Å²) in [5.41, 5.74) is 1.96. The first-order chi connectivity index (χ1) is 11.7. The summed E-state index contributed by atoms with van der Waals surface area (Å²) in [6.45, 7) is 0. The van der Waals surface area contributed by atoms with Gasteiger partial charge in [-0.1, -0.05) is 6.07 Å². The Morgan fingerprint density at radius 2 is 1.92 bits per heavy atom. The molecule has 0 aliphatic rings. The van der Waals surface area contributed by atoms with E-state index in [0.29, 0.717) is 22.0 Å². The highest BCUT2D eigenvalue weighted by atomic mass is 32.2. The minimum atomic E-state index is -0.397. The van der Waals surface area contributed by atoms with E-state index in [0.717, 1.165) is 5.56 Å². The van der Waals surface area contributed by atoms with Crippen LogP contribution in [0.3, 0.4) is 0 Å². The fourth-order valence-electron chi connectivity index (χ4n) is 2.07. The molecule has 0 saturated heterocycles. The molecule has 0 aliphatic heterocycles. The number of hydrogen-bond donors (Lipinski definition) is 1. The van der Waals surface area contributed by atoms with Gasteiger partial charge in [-0.05, 0) is 48.0 Å². The molecule has 1 aromatic carbocycles. The zero-order valence-corrected chi connectivity index (χ0v) is 13.5. The Morgan fingerprint density at radius 1 is 1.08 bits per heavy atom. The lowest BCUT2D eigenvalue weighted by atomic mass is 10.2. The summed E-state index contributed by atoms with van der Waals surface area (Å²) in [7, 11) is 0. The highest BCUT2D eigenvalue weighted by molar-refractivity contribution is 7.98. The monoisotopic (exact) mass is 339 g/mol. The molecule has 3 aromatic rings. The first-order valence-corrected chi connectivity index (χ1v) is 8.24. The number of amides is 1. The summed E-state index contributed by atoms with van der Waals surface area (Å²) < 4.78 is 13.2. The van der Waals surface area contributed by atoms with Crippen LogP contribution in [-0.2, 0) is 5.75 Å². The van der Waals surface area contributed by atoms with Gasteiger partial charge in [-0.3, -0.25) is 9.78 Å². The molecule has 0 fully saturated rings. The molecular formula is C18H14FN3OS. The Morgan fingerprint density at radius 3 is 2.71 bits per heavy atom. The summed E-state index contributed by atoms with van der Waals surface area (Å²) in [6.07, 6.45) is 5.10. The summed E-state index contributed by atoms with van der Waals surface area (Å²) >= 11 is 1.47. The first kappa shape index (κ1) is 16.1. The van der Waals surface area contributed by atoms with Crippen molar-refractivity contribution in [1.29, 1.82) is 0 Å². The van der Waals surface area contributed by atoms with Crippen molar-refractivity contribution in [3.63, 3.8) is 0 Å². The van der Waals surface area contributed by atoms with Gasteiger partial charge in [0, 0.05) is 30.0 Å². The molecule has 0 aliphatic carbocycles. The Bertz CT molecular complexity index is 842. The molecule has 4 nitrogen and oxygen atoms in total. The van der Waals surface area contributed by atoms with Crippen LogP contribution < -0.4 is 5.32 Å². The zero-order chi connectivity index (χ0) is 16.8. The molecule has 3 rings (SSSR count). The molecule has 2 aromatic heterocycles. The fraction of sp³-hybridized carbons (Fsp3) is 0.0556. The van der Waals surface area contributed by atoms with Gasteiger partial charge in [0.15, 0.2) is 0 Å². The summed E-state index contributed by atoms with van der Waals surface area (Å²) in [6, 6.07) is 13.0. The smallest absolute Gasteiger partial charge is 0.258 e. The third-order valence-electron chi connectivity index (χ3n) is 3.22. The first-order valence-electron chi connectivity index (χ1n) is 7.26. The number of rotatable bonds is 5. The number of benzene rings is 1. The quantitative estimate of drug-likeness (QED) is 0.709. The third kappa shape index (κ3) is 4.17. The summed E-state index contributed by atoms with van der Waals surface area (Å²) in [5, 5.41) is 3.32. The third-order valence-corrected chi connectivity index (χ3v) is 4.30. The number of carbonyl (C=O) groups excluding carboxylic acids is 1. The molecule has 0 saturated carbocycles. The topological polar surface area (TPSA) is 54.9 Å². The minimum absolute atomic E-state index is 0.314. The second kappa shape index (κ2) is 7.70. The Balaban J connectivity index is 1.74. The molecule has 0 unspecified atom stereocenters. The molecule has 0 bridgehead atoms. The van der Waals surface area contributed by atoms with Gasteiger partial charge in [0.1, 0.15) is 10.8 Å². The van der Waals surface area contributed by atoms with Crippen LogP contribution in [0.25, 0.3) is 0 Å². The van der Waals surface area contributed by atoms with E-state index < -0.39 is 5.82 Å². The summed E-state index contributed by atoms with van der Waals surface area (Å²) in [5.74, 6) is -0.0306. The Labute approximate surface area is 143 Å². The van der Waals surface area contributed by atoms with Crippen molar-refractivity contribution >= 4 is 23.4 Å².